The van der Waals surface area contributed by atoms with Crippen LogP contribution in [0.5, 0.6) is 0 Å². The minimum atomic E-state index is -0.264. The van der Waals surface area contributed by atoms with Crippen LogP contribution in [0.4, 0.5) is 0 Å². The molecular weight excluding hydrogens is 332 g/mol. The molecule has 1 saturated heterocycles. The summed E-state index contributed by atoms with van der Waals surface area (Å²) in [4.78, 5) is 21.1. The summed E-state index contributed by atoms with van der Waals surface area (Å²) in [6.45, 7) is 5.42. The Morgan fingerprint density at radius 2 is 2.15 bits per heavy atom. The third-order valence-corrected chi connectivity index (χ3v) is 4.66. The van der Waals surface area contributed by atoms with E-state index in [0.717, 1.165) is 18.4 Å². The van der Waals surface area contributed by atoms with E-state index in [2.05, 4.69) is 20.4 Å². The third kappa shape index (κ3) is 4.88. The van der Waals surface area contributed by atoms with E-state index >= 15 is 0 Å². The third-order valence-electron chi connectivity index (χ3n) is 4.66. The Bertz CT molecular complexity index is 696. The topological polar surface area (TPSA) is 90.1 Å². The summed E-state index contributed by atoms with van der Waals surface area (Å²) in [5, 5.41) is 7.17. The van der Waals surface area contributed by atoms with Crippen molar-refractivity contribution in [3.63, 3.8) is 0 Å². The minimum Gasteiger partial charge on any atom is -0.381 e. The standard InChI is InChI=1S/C19H26N4O3/c1-13(2)18-22-19(26-23-18)17(15-7-10-25-11-8-15)21-16(24)6-5-14-4-3-9-20-12-14/h3-4,9,12-13,15,17H,5-8,10-11H2,1-2H3,(H,21,24)/t17-/m0/s1. The molecule has 0 unspecified atom stereocenters. The molecule has 1 atom stereocenters. The molecule has 0 saturated carbocycles. The second kappa shape index (κ2) is 8.89. The van der Waals surface area contributed by atoms with Gasteiger partial charge in [0.1, 0.15) is 6.04 Å². The van der Waals surface area contributed by atoms with Crippen molar-refractivity contribution < 1.29 is 14.1 Å². The first-order valence-corrected chi connectivity index (χ1v) is 9.23. The molecule has 0 bridgehead atoms. The fraction of sp³-hybridized carbons (Fsp3) is 0.579. The lowest BCUT2D eigenvalue weighted by molar-refractivity contribution is -0.122. The van der Waals surface area contributed by atoms with Gasteiger partial charge in [0.2, 0.25) is 11.8 Å². The fourth-order valence-corrected chi connectivity index (χ4v) is 3.09. The lowest BCUT2D eigenvalue weighted by atomic mass is 9.91. The van der Waals surface area contributed by atoms with Gasteiger partial charge < -0.3 is 14.6 Å². The van der Waals surface area contributed by atoms with Gasteiger partial charge in [0.25, 0.3) is 0 Å². The van der Waals surface area contributed by atoms with Crippen LogP contribution >= 0.6 is 0 Å². The molecule has 1 aliphatic rings. The van der Waals surface area contributed by atoms with Crippen LogP contribution in [0.2, 0.25) is 0 Å². The van der Waals surface area contributed by atoms with Gasteiger partial charge in [-0.15, -0.1) is 0 Å². The zero-order chi connectivity index (χ0) is 18.4. The van der Waals surface area contributed by atoms with Crippen molar-refractivity contribution >= 4 is 5.91 Å². The monoisotopic (exact) mass is 358 g/mol. The highest BCUT2D eigenvalue weighted by Crippen LogP contribution is 2.30. The Morgan fingerprint density at radius 1 is 1.35 bits per heavy atom. The molecular formula is C19H26N4O3. The van der Waals surface area contributed by atoms with E-state index < -0.39 is 0 Å². The van der Waals surface area contributed by atoms with Crippen LogP contribution in [0.3, 0.4) is 0 Å². The normalized spacial score (nSPS) is 16.6. The number of nitrogens with one attached hydrogen (secondary N) is 1. The summed E-state index contributed by atoms with van der Waals surface area (Å²) in [5.74, 6) is 1.57. The van der Waals surface area contributed by atoms with Crippen molar-refractivity contribution in [2.24, 2.45) is 5.92 Å². The molecule has 1 fully saturated rings. The van der Waals surface area contributed by atoms with Crippen molar-refractivity contribution in [3.8, 4) is 0 Å². The quantitative estimate of drug-likeness (QED) is 0.818. The van der Waals surface area contributed by atoms with E-state index in [9.17, 15) is 4.79 Å². The van der Waals surface area contributed by atoms with E-state index in [4.69, 9.17) is 9.26 Å². The molecule has 26 heavy (non-hydrogen) atoms. The van der Waals surface area contributed by atoms with E-state index in [-0.39, 0.29) is 23.8 Å². The SMILES string of the molecule is CC(C)c1noc([C@@H](NC(=O)CCc2cccnc2)C2CCOCC2)n1. The molecule has 3 heterocycles. The maximum Gasteiger partial charge on any atom is 0.249 e. The molecule has 1 amide bonds. The number of hydrogen-bond donors (Lipinski definition) is 1. The van der Waals surface area contributed by atoms with Crippen LogP contribution in [0.1, 0.15) is 62.3 Å². The van der Waals surface area contributed by atoms with Gasteiger partial charge in [-0.25, -0.2) is 0 Å². The summed E-state index contributed by atoms with van der Waals surface area (Å²) in [6, 6.07) is 3.59. The Kier molecular flexibility index (Phi) is 6.33. The first-order chi connectivity index (χ1) is 12.6. The second-order valence-corrected chi connectivity index (χ2v) is 7.00. The van der Waals surface area contributed by atoms with Gasteiger partial charge in [-0.1, -0.05) is 25.1 Å². The Balaban J connectivity index is 1.67. The number of ether oxygens (including phenoxy) is 1. The average molecular weight is 358 g/mol. The van der Waals surface area contributed by atoms with Gasteiger partial charge in [-0.05, 0) is 36.8 Å². The Labute approximate surface area is 153 Å². The van der Waals surface area contributed by atoms with Crippen LogP contribution in [0.25, 0.3) is 0 Å². The molecule has 1 N–H and O–H groups in total. The zero-order valence-corrected chi connectivity index (χ0v) is 15.4. The summed E-state index contributed by atoms with van der Waals surface area (Å²) in [5.41, 5.74) is 1.05. The molecule has 7 heteroatoms. The van der Waals surface area contributed by atoms with Crippen molar-refractivity contribution in [1.29, 1.82) is 0 Å². The number of rotatable bonds is 7. The summed E-state index contributed by atoms with van der Waals surface area (Å²) in [6.07, 6.45) is 6.31. The Morgan fingerprint density at radius 3 is 2.81 bits per heavy atom. The number of amides is 1. The van der Waals surface area contributed by atoms with E-state index in [0.29, 0.717) is 37.8 Å². The van der Waals surface area contributed by atoms with Crippen LogP contribution in [-0.2, 0) is 16.0 Å². The zero-order valence-electron chi connectivity index (χ0n) is 15.4. The highest BCUT2D eigenvalue weighted by Gasteiger charge is 2.31. The van der Waals surface area contributed by atoms with Crippen LogP contribution in [0, 0.1) is 5.92 Å². The highest BCUT2D eigenvalue weighted by atomic mass is 16.5. The first-order valence-electron chi connectivity index (χ1n) is 9.23. The van der Waals surface area contributed by atoms with Gasteiger partial charge in [-0.3, -0.25) is 9.78 Å². The highest BCUT2D eigenvalue weighted by molar-refractivity contribution is 5.76. The van der Waals surface area contributed by atoms with E-state index in [1.165, 1.54) is 0 Å². The van der Waals surface area contributed by atoms with Gasteiger partial charge in [-0.2, -0.15) is 4.98 Å². The maximum absolute atomic E-state index is 12.5. The van der Waals surface area contributed by atoms with Crippen LogP contribution in [0.15, 0.2) is 29.0 Å². The van der Waals surface area contributed by atoms with Gasteiger partial charge in [0.15, 0.2) is 5.82 Å². The number of aryl methyl sites for hydroxylation is 1. The fourth-order valence-electron chi connectivity index (χ4n) is 3.09. The number of carbonyl (C=O) groups excluding carboxylic acids is 1. The second-order valence-electron chi connectivity index (χ2n) is 7.00. The molecule has 3 rings (SSSR count). The van der Waals surface area contributed by atoms with Crippen molar-refractivity contribution in [3.05, 3.63) is 41.8 Å². The minimum absolute atomic E-state index is 0.0189. The molecule has 0 radical (unpaired) electrons. The van der Waals surface area contributed by atoms with Gasteiger partial charge >= 0.3 is 0 Å². The number of aromatic nitrogens is 3. The number of pyridine rings is 1. The van der Waals surface area contributed by atoms with Crippen LogP contribution in [-0.4, -0.2) is 34.2 Å². The predicted molar refractivity (Wildman–Crippen MR) is 95.4 cm³/mol. The molecule has 0 aliphatic carbocycles. The first kappa shape index (κ1) is 18.5. The maximum atomic E-state index is 12.5. The number of nitrogens with zero attached hydrogens (tertiary/aromatic N) is 3. The van der Waals surface area contributed by atoms with Crippen molar-refractivity contribution in [1.82, 2.24) is 20.4 Å². The molecule has 0 aromatic carbocycles. The Hall–Kier alpha value is -2.28. The largest absolute Gasteiger partial charge is 0.381 e. The molecule has 140 valence electrons. The molecule has 7 nitrogen and oxygen atoms in total. The van der Waals surface area contributed by atoms with Crippen molar-refractivity contribution in [2.45, 2.75) is 51.5 Å². The predicted octanol–water partition coefficient (Wildman–Crippen LogP) is 2.80. The lowest BCUT2D eigenvalue weighted by Gasteiger charge is -2.28. The summed E-state index contributed by atoms with van der Waals surface area (Å²) < 4.78 is 10.9. The molecule has 2 aromatic rings. The van der Waals surface area contributed by atoms with Gasteiger partial charge in [0.05, 0.1) is 0 Å². The average Bonchev–Trinajstić information content (AvgIpc) is 3.16. The van der Waals surface area contributed by atoms with Crippen LogP contribution < -0.4 is 5.32 Å². The number of carbonyl (C=O) groups is 1. The molecule has 1 aliphatic heterocycles. The van der Waals surface area contributed by atoms with Crippen molar-refractivity contribution in [2.75, 3.05) is 13.2 Å². The van der Waals surface area contributed by atoms with Gasteiger partial charge in [0, 0.05) is 37.9 Å². The summed E-state index contributed by atoms with van der Waals surface area (Å²) >= 11 is 0. The van der Waals surface area contributed by atoms with E-state index in [1.54, 1.807) is 12.4 Å². The smallest absolute Gasteiger partial charge is 0.249 e. The lowest BCUT2D eigenvalue weighted by Crippen LogP contribution is -2.36. The summed E-state index contributed by atoms with van der Waals surface area (Å²) in [7, 11) is 0. The molecule has 2 aromatic heterocycles. The molecule has 0 spiro atoms. The number of hydrogen-bond acceptors (Lipinski definition) is 6. The van der Waals surface area contributed by atoms with E-state index in [1.807, 2.05) is 26.0 Å².